The van der Waals surface area contributed by atoms with E-state index in [0.717, 1.165) is 56.4 Å². The van der Waals surface area contributed by atoms with Crippen molar-refractivity contribution in [1.82, 2.24) is 4.90 Å². The standard InChI is InChI=1S/C36H48F6N2O5S/c1-33-9-7-27-26-6-5-25(49-32(45)44-14-10-34(11-15-44)12-16-48-17-13-34)21-24(26)20-23(30(27)28(33)22-29(37)31(33)43-46)4-2-18-50(47)19-3-8-35(38,39)36(40,41)42/h5-6,21,23,27-30,46H,2-4,7-20,22H2,1H3/b43-31-/t23-,27-,28+,29?,30-,33+,50?/m1/s1. The van der Waals surface area contributed by atoms with E-state index in [1.165, 1.54) is 0 Å². The van der Waals surface area contributed by atoms with Crippen molar-refractivity contribution < 1.29 is 50.0 Å². The molecule has 2 heterocycles. The first-order chi connectivity index (χ1) is 23.7. The molecule has 280 valence electrons. The Balaban J connectivity index is 1.13. The third-order valence-corrected chi connectivity index (χ3v) is 14.3. The van der Waals surface area contributed by atoms with Crippen molar-refractivity contribution in [3.63, 3.8) is 0 Å². The number of nitrogens with zero attached hydrogens (tertiary/aromatic N) is 2. The predicted molar refractivity (Wildman–Crippen MR) is 176 cm³/mol. The summed E-state index contributed by atoms with van der Waals surface area (Å²) in [5.41, 5.74) is 1.98. The van der Waals surface area contributed by atoms with E-state index < -0.39 is 47.3 Å². The third-order valence-electron chi connectivity index (χ3n) is 12.8. The van der Waals surface area contributed by atoms with Crippen LogP contribution in [0.2, 0.25) is 0 Å². The van der Waals surface area contributed by atoms with Crippen molar-refractivity contribution in [3.8, 4) is 5.75 Å². The lowest BCUT2D eigenvalue weighted by atomic mass is 9.52. The number of amides is 1. The van der Waals surface area contributed by atoms with Crippen LogP contribution in [0, 0.1) is 28.6 Å². The second-order valence-electron chi connectivity index (χ2n) is 15.5. The zero-order valence-corrected chi connectivity index (χ0v) is 29.3. The summed E-state index contributed by atoms with van der Waals surface area (Å²) in [5.74, 6) is -4.38. The number of hydrogen-bond acceptors (Lipinski definition) is 6. The van der Waals surface area contributed by atoms with Gasteiger partial charge in [-0.2, -0.15) is 22.0 Å². The molecule has 1 aromatic rings. The first kappa shape index (κ1) is 37.4. The van der Waals surface area contributed by atoms with Gasteiger partial charge in [0.2, 0.25) is 0 Å². The third kappa shape index (κ3) is 7.43. The highest BCUT2D eigenvalue weighted by Gasteiger charge is 2.59. The molecule has 1 amide bonds. The maximum absolute atomic E-state index is 15.3. The van der Waals surface area contributed by atoms with Crippen molar-refractivity contribution in [1.29, 1.82) is 0 Å². The van der Waals surface area contributed by atoms with Gasteiger partial charge in [-0.1, -0.05) is 18.1 Å². The first-order valence-electron chi connectivity index (χ1n) is 18.0. The molecule has 0 bridgehead atoms. The average Bonchev–Trinajstić information content (AvgIpc) is 3.33. The van der Waals surface area contributed by atoms with E-state index in [1.54, 1.807) is 4.90 Å². The smallest absolute Gasteiger partial charge is 0.411 e. The van der Waals surface area contributed by atoms with Crippen LogP contribution in [-0.4, -0.2) is 82.2 Å². The molecular formula is C36H48F6N2O5S. The Bertz CT molecular complexity index is 1440. The number of piperidine rings is 1. The van der Waals surface area contributed by atoms with Crippen molar-refractivity contribution in [2.24, 2.45) is 33.7 Å². The Labute approximate surface area is 292 Å². The minimum absolute atomic E-state index is 0.0256. The Kier molecular flexibility index (Phi) is 10.9. The molecule has 1 spiro atoms. The Morgan fingerprint density at radius 1 is 1.08 bits per heavy atom. The van der Waals surface area contributed by atoms with E-state index in [1.807, 2.05) is 25.1 Å². The van der Waals surface area contributed by atoms with Crippen molar-refractivity contribution in [2.45, 2.75) is 108 Å². The number of likely N-dealkylation sites (tertiary alicyclic amines) is 1. The topological polar surface area (TPSA) is 88.4 Å². The van der Waals surface area contributed by atoms with Gasteiger partial charge < -0.3 is 19.6 Å². The minimum Gasteiger partial charge on any atom is -0.411 e. The summed E-state index contributed by atoms with van der Waals surface area (Å²) < 4.78 is 104. The summed E-state index contributed by atoms with van der Waals surface area (Å²) in [5, 5.41) is 13.1. The minimum atomic E-state index is -5.63. The lowest BCUT2D eigenvalue weighted by Crippen LogP contribution is -2.46. The van der Waals surface area contributed by atoms with Crippen LogP contribution in [0.5, 0.6) is 5.75 Å². The number of oxime groups is 1. The fraction of sp³-hybridized carbons (Fsp3) is 0.778. The van der Waals surface area contributed by atoms with Crippen LogP contribution < -0.4 is 4.74 Å². The van der Waals surface area contributed by atoms with E-state index in [-0.39, 0.29) is 58.8 Å². The van der Waals surface area contributed by atoms with Gasteiger partial charge in [-0.15, -0.1) is 0 Å². The van der Waals surface area contributed by atoms with Crippen LogP contribution in [0.4, 0.5) is 31.1 Å². The van der Waals surface area contributed by atoms with Gasteiger partial charge in [0.1, 0.15) is 11.9 Å². The Hall–Kier alpha value is -2.35. The largest absolute Gasteiger partial charge is 0.453 e. The molecule has 7 atom stereocenters. The molecule has 50 heavy (non-hydrogen) atoms. The van der Waals surface area contributed by atoms with Crippen LogP contribution in [0.15, 0.2) is 23.4 Å². The molecule has 6 rings (SSSR count). The van der Waals surface area contributed by atoms with E-state index in [9.17, 15) is 36.2 Å². The molecule has 0 aromatic heterocycles. The van der Waals surface area contributed by atoms with Crippen molar-refractivity contribution in [2.75, 3.05) is 37.8 Å². The van der Waals surface area contributed by atoms with Gasteiger partial charge in [0, 0.05) is 60.4 Å². The molecule has 2 saturated heterocycles. The zero-order valence-electron chi connectivity index (χ0n) is 28.5. The Morgan fingerprint density at radius 2 is 1.78 bits per heavy atom. The molecule has 5 aliphatic rings. The number of carbonyl (C=O) groups is 1. The van der Waals surface area contributed by atoms with Gasteiger partial charge in [-0.25, -0.2) is 9.18 Å². The summed E-state index contributed by atoms with van der Waals surface area (Å²) in [6.45, 7) is 4.76. The van der Waals surface area contributed by atoms with Crippen LogP contribution in [0.25, 0.3) is 0 Å². The van der Waals surface area contributed by atoms with E-state index in [2.05, 4.69) is 5.16 Å². The van der Waals surface area contributed by atoms with Gasteiger partial charge in [-0.3, -0.25) is 4.21 Å². The summed E-state index contributed by atoms with van der Waals surface area (Å²) in [4.78, 5) is 15.0. The average molecular weight is 735 g/mol. The first-order valence-corrected chi connectivity index (χ1v) is 19.5. The lowest BCUT2D eigenvalue weighted by Gasteiger charge is -2.52. The van der Waals surface area contributed by atoms with E-state index in [4.69, 9.17) is 9.47 Å². The number of ether oxygens (including phenoxy) is 2. The molecule has 14 heteroatoms. The molecular weight excluding hydrogens is 686 g/mol. The predicted octanol–water partition coefficient (Wildman–Crippen LogP) is 8.45. The van der Waals surface area contributed by atoms with Crippen LogP contribution in [0.3, 0.4) is 0 Å². The van der Waals surface area contributed by atoms with Crippen LogP contribution in [-0.2, 0) is 22.0 Å². The highest BCUT2D eigenvalue weighted by Crippen LogP contribution is 2.62. The summed E-state index contributed by atoms with van der Waals surface area (Å²) >= 11 is 0. The molecule has 4 fully saturated rings. The monoisotopic (exact) mass is 734 g/mol. The highest BCUT2D eigenvalue weighted by atomic mass is 32.2. The molecule has 3 aliphatic carbocycles. The molecule has 7 nitrogen and oxygen atoms in total. The lowest BCUT2D eigenvalue weighted by molar-refractivity contribution is -0.284. The summed E-state index contributed by atoms with van der Waals surface area (Å²) in [7, 11) is -1.57. The molecule has 2 saturated carbocycles. The SMILES string of the molecule is C[C@]12CC[C@@H]3c4ccc(OC(=O)N5CCC6(CCOCC6)CC5)cc4C[C@@H](CCCS(=O)CCCC(F)(F)C(F)(F)F)[C@H]3[C@@H]1CC(F)/C2=N/O. The summed E-state index contributed by atoms with van der Waals surface area (Å²) in [6.07, 6.45) is -2.08. The fourth-order valence-electron chi connectivity index (χ4n) is 9.90. The highest BCUT2D eigenvalue weighted by molar-refractivity contribution is 7.84. The van der Waals surface area contributed by atoms with Gasteiger partial charge in [0.25, 0.3) is 0 Å². The number of alkyl halides is 6. The number of carbonyl (C=O) groups excluding carboxylic acids is 1. The molecule has 0 radical (unpaired) electrons. The maximum Gasteiger partial charge on any atom is 0.453 e. The van der Waals surface area contributed by atoms with E-state index >= 15 is 4.39 Å². The number of rotatable bonds is 9. The van der Waals surface area contributed by atoms with Gasteiger partial charge in [0.15, 0.2) is 0 Å². The number of benzene rings is 1. The molecule has 2 aliphatic heterocycles. The maximum atomic E-state index is 15.3. The number of halogens is 6. The molecule has 1 aromatic carbocycles. The normalized spacial score (nSPS) is 32.3. The summed E-state index contributed by atoms with van der Waals surface area (Å²) in [6, 6.07) is 5.75. The second-order valence-corrected chi connectivity index (χ2v) is 17.2. The Morgan fingerprint density at radius 3 is 2.46 bits per heavy atom. The molecule has 2 unspecified atom stereocenters. The second kappa shape index (κ2) is 14.6. The zero-order chi connectivity index (χ0) is 35.9. The van der Waals surface area contributed by atoms with Crippen LogP contribution in [0.1, 0.15) is 94.6 Å². The van der Waals surface area contributed by atoms with Gasteiger partial charge in [-0.05, 0) is 123 Å². The van der Waals surface area contributed by atoms with Crippen molar-refractivity contribution >= 4 is 22.6 Å². The molecule has 1 N–H and O–H groups in total. The van der Waals surface area contributed by atoms with E-state index in [0.29, 0.717) is 44.5 Å². The fourth-order valence-corrected chi connectivity index (χ4v) is 11.1. The van der Waals surface area contributed by atoms with Gasteiger partial charge >= 0.3 is 18.2 Å². The number of hydrogen-bond donors (Lipinski definition) is 1. The van der Waals surface area contributed by atoms with Crippen molar-refractivity contribution in [3.05, 3.63) is 29.3 Å². The van der Waals surface area contributed by atoms with Gasteiger partial charge in [0.05, 0.1) is 5.71 Å². The number of fused-ring (bicyclic) bond motifs is 5. The quantitative estimate of drug-likeness (QED) is 0.156. The van der Waals surface area contributed by atoms with Crippen LogP contribution >= 0.6 is 0 Å².